The van der Waals surface area contributed by atoms with Crippen LogP contribution in [0.15, 0.2) is 36.7 Å². The normalized spacial score (nSPS) is 24.2. The third-order valence-electron chi connectivity index (χ3n) is 5.32. The molecule has 1 unspecified atom stereocenters. The van der Waals surface area contributed by atoms with E-state index < -0.39 is 0 Å². The zero-order valence-corrected chi connectivity index (χ0v) is 15.0. The van der Waals surface area contributed by atoms with Crippen molar-refractivity contribution in [2.24, 2.45) is 18.9 Å². The highest BCUT2D eigenvalue weighted by Gasteiger charge is 2.39. The fourth-order valence-corrected chi connectivity index (χ4v) is 3.90. The average molecular weight is 359 g/mol. The Labute approximate surface area is 152 Å². The Morgan fingerprint density at radius 2 is 2.08 bits per heavy atom. The molecule has 3 atom stereocenters. The van der Waals surface area contributed by atoms with Crippen LogP contribution in [-0.2, 0) is 11.8 Å². The standard InChI is InChI=1S/C19H23ClN4O/c1-24-11-14(8-22-24)16-9-21-10-17(16)19(25)23-18(12-2-3-12)13-4-6-15(20)7-5-13/h4-8,11-12,16-18,21H,2-3,9-10H2,1H3,(H,23,25)/t16-,17+,18?/m1/s1. The summed E-state index contributed by atoms with van der Waals surface area (Å²) in [4.78, 5) is 13.0. The van der Waals surface area contributed by atoms with Crippen molar-refractivity contribution in [3.63, 3.8) is 0 Å². The summed E-state index contributed by atoms with van der Waals surface area (Å²) in [6, 6.07) is 7.93. The number of hydrogen-bond acceptors (Lipinski definition) is 3. The molecule has 6 heteroatoms. The van der Waals surface area contributed by atoms with Gasteiger partial charge in [0, 0.05) is 37.3 Å². The monoisotopic (exact) mass is 358 g/mol. The summed E-state index contributed by atoms with van der Waals surface area (Å²) in [6.07, 6.45) is 6.22. The summed E-state index contributed by atoms with van der Waals surface area (Å²) in [5.74, 6) is 0.790. The van der Waals surface area contributed by atoms with Gasteiger partial charge in [-0.2, -0.15) is 5.10 Å². The van der Waals surface area contributed by atoms with Gasteiger partial charge in [0.1, 0.15) is 0 Å². The number of carbonyl (C=O) groups excluding carboxylic acids is 1. The first kappa shape index (κ1) is 16.6. The lowest BCUT2D eigenvalue weighted by Crippen LogP contribution is -2.37. The minimum absolute atomic E-state index is 0.0576. The fourth-order valence-electron chi connectivity index (χ4n) is 3.77. The largest absolute Gasteiger partial charge is 0.349 e. The van der Waals surface area contributed by atoms with Crippen LogP contribution in [0.5, 0.6) is 0 Å². The van der Waals surface area contributed by atoms with Gasteiger partial charge in [-0.05, 0) is 42.0 Å². The highest BCUT2D eigenvalue weighted by molar-refractivity contribution is 6.30. The quantitative estimate of drug-likeness (QED) is 0.863. The van der Waals surface area contributed by atoms with Gasteiger partial charge in [-0.25, -0.2) is 0 Å². The van der Waals surface area contributed by atoms with Crippen LogP contribution in [0.2, 0.25) is 5.02 Å². The van der Waals surface area contributed by atoms with Gasteiger partial charge in [0.25, 0.3) is 0 Å². The molecule has 2 N–H and O–H groups in total. The number of aryl methyl sites for hydroxylation is 1. The minimum atomic E-state index is -0.0576. The van der Waals surface area contributed by atoms with Gasteiger partial charge in [0.15, 0.2) is 0 Å². The Hall–Kier alpha value is -1.85. The number of amides is 1. The smallest absolute Gasteiger partial charge is 0.225 e. The Balaban J connectivity index is 1.50. The number of rotatable bonds is 5. The maximum absolute atomic E-state index is 13.0. The SMILES string of the molecule is Cn1cc([C@H]2CNC[C@@H]2C(=O)NC(c2ccc(Cl)cc2)C2CC2)cn1. The molecule has 4 rings (SSSR count). The number of hydrogen-bond donors (Lipinski definition) is 2. The molecule has 2 aromatic rings. The number of benzene rings is 1. The molecule has 1 aromatic heterocycles. The maximum Gasteiger partial charge on any atom is 0.225 e. The van der Waals surface area contributed by atoms with Crippen molar-refractivity contribution in [3.05, 3.63) is 52.8 Å². The van der Waals surface area contributed by atoms with E-state index in [1.54, 1.807) is 4.68 Å². The molecule has 1 aliphatic carbocycles. The Morgan fingerprint density at radius 1 is 1.32 bits per heavy atom. The van der Waals surface area contributed by atoms with Gasteiger partial charge in [-0.15, -0.1) is 0 Å². The van der Waals surface area contributed by atoms with E-state index in [0.717, 1.165) is 22.7 Å². The maximum atomic E-state index is 13.0. The van der Waals surface area contributed by atoms with Crippen molar-refractivity contribution in [1.29, 1.82) is 0 Å². The van der Waals surface area contributed by atoms with E-state index in [4.69, 9.17) is 11.6 Å². The highest BCUT2D eigenvalue weighted by Crippen LogP contribution is 2.41. The Bertz CT molecular complexity index is 753. The first-order chi connectivity index (χ1) is 12.1. The van der Waals surface area contributed by atoms with Crippen LogP contribution in [0.4, 0.5) is 0 Å². The molecule has 1 amide bonds. The van der Waals surface area contributed by atoms with Crippen LogP contribution in [0, 0.1) is 11.8 Å². The van der Waals surface area contributed by atoms with Gasteiger partial charge >= 0.3 is 0 Å². The molecule has 5 nitrogen and oxygen atoms in total. The summed E-state index contributed by atoms with van der Waals surface area (Å²) < 4.78 is 1.79. The predicted octanol–water partition coefficient (Wildman–Crippen LogP) is 2.64. The second-order valence-electron chi connectivity index (χ2n) is 7.19. The zero-order chi connectivity index (χ0) is 17.4. The molecule has 1 saturated heterocycles. The van der Waals surface area contributed by atoms with E-state index in [-0.39, 0.29) is 23.8 Å². The molecule has 0 bridgehead atoms. The van der Waals surface area contributed by atoms with Crippen molar-refractivity contribution in [2.75, 3.05) is 13.1 Å². The van der Waals surface area contributed by atoms with Crippen LogP contribution < -0.4 is 10.6 Å². The van der Waals surface area contributed by atoms with E-state index in [2.05, 4.69) is 15.7 Å². The minimum Gasteiger partial charge on any atom is -0.349 e. The van der Waals surface area contributed by atoms with E-state index in [9.17, 15) is 4.79 Å². The molecule has 1 aromatic carbocycles. The lowest BCUT2D eigenvalue weighted by atomic mass is 9.89. The number of nitrogens with one attached hydrogen (secondary N) is 2. The molecule has 132 valence electrons. The summed E-state index contributed by atoms with van der Waals surface area (Å²) >= 11 is 6.01. The molecular formula is C19H23ClN4O. The van der Waals surface area contributed by atoms with Crippen molar-refractivity contribution >= 4 is 17.5 Å². The highest BCUT2D eigenvalue weighted by atomic mass is 35.5. The first-order valence-electron chi connectivity index (χ1n) is 8.87. The average Bonchev–Trinajstić information content (AvgIpc) is 3.15. The second-order valence-corrected chi connectivity index (χ2v) is 7.63. The van der Waals surface area contributed by atoms with Crippen LogP contribution >= 0.6 is 11.6 Å². The number of nitrogens with zero attached hydrogens (tertiary/aromatic N) is 2. The van der Waals surface area contributed by atoms with Crippen LogP contribution in [-0.4, -0.2) is 28.8 Å². The van der Waals surface area contributed by atoms with E-state index in [0.29, 0.717) is 12.5 Å². The third kappa shape index (κ3) is 3.58. The Morgan fingerprint density at radius 3 is 2.72 bits per heavy atom. The Kier molecular flexibility index (Phi) is 4.52. The molecule has 2 aliphatic rings. The van der Waals surface area contributed by atoms with E-state index >= 15 is 0 Å². The molecule has 1 aliphatic heterocycles. The topological polar surface area (TPSA) is 59.0 Å². The lowest BCUT2D eigenvalue weighted by molar-refractivity contribution is -0.125. The van der Waals surface area contributed by atoms with Crippen molar-refractivity contribution in [3.8, 4) is 0 Å². The van der Waals surface area contributed by atoms with Crippen molar-refractivity contribution in [1.82, 2.24) is 20.4 Å². The van der Waals surface area contributed by atoms with E-state index in [1.807, 2.05) is 43.7 Å². The fraction of sp³-hybridized carbons (Fsp3) is 0.474. The van der Waals surface area contributed by atoms with Crippen LogP contribution in [0.1, 0.15) is 35.9 Å². The molecule has 25 heavy (non-hydrogen) atoms. The third-order valence-corrected chi connectivity index (χ3v) is 5.58. The number of aromatic nitrogens is 2. The molecular weight excluding hydrogens is 336 g/mol. The molecule has 2 fully saturated rings. The zero-order valence-electron chi connectivity index (χ0n) is 14.3. The van der Waals surface area contributed by atoms with E-state index in [1.165, 1.54) is 12.8 Å². The van der Waals surface area contributed by atoms with Gasteiger partial charge in [-0.3, -0.25) is 9.48 Å². The van der Waals surface area contributed by atoms with Gasteiger partial charge in [0.05, 0.1) is 18.2 Å². The van der Waals surface area contributed by atoms with Crippen molar-refractivity contribution < 1.29 is 4.79 Å². The second kappa shape index (κ2) is 6.81. The van der Waals surface area contributed by atoms with Gasteiger partial charge < -0.3 is 10.6 Å². The molecule has 0 radical (unpaired) electrons. The first-order valence-corrected chi connectivity index (χ1v) is 9.24. The summed E-state index contributed by atoms with van der Waals surface area (Å²) in [5, 5.41) is 11.7. The van der Waals surface area contributed by atoms with Gasteiger partial charge in [-0.1, -0.05) is 23.7 Å². The summed E-state index contributed by atoms with van der Waals surface area (Å²) in [7, 11) is 1.91. The van der Waals surface area contributed by atoms with Crippen LogP contribution in [0.25, 0.3) is 0 Å². The predicted molar refractivity (Wildman–Crippen MR) is 97.4 cm³/mol. The number of halogens is 1. The number of carbonyl (C=O) groups is 1. The van der Waals surface area contributed by atoms with Crippen molar-refractivity contribution in [2.45, 2.75) is 24.8 Å². The van der Waals surface area contributed by atoms with Gasteiger partial charge in [0.2, 0.25) is 5.91 Å². The van der Waals surface area contributed by atoms with Crippen LogP contribution in [0.3, 0.4) is 0 Å². The molecule has 1 saturated carbocycles. The summed E-state index contributed by atoms with van der Waals surface area (Å²) in [6.45, 7) is 1.53. The lowest BCUT2D eigenvalue weighted by Gasteiger charge is -2.23. The molecule has 2 heterocycles. The summed E-state index contributed by atoms with van der Waals surface area (Å²) in [5.41, 5.74) is 2.27. The molecule has 0 spiro atoms.